The normalized spacial score (nSPS) is 10.8. The highest BCUT2D eigenvalue weighted by molar-refractivity contribution is 5.88. The second kappa shape index (κ2) is 8.19. The molecule has 0 saturated heterocycles. The Kier molecular flexibility index (Phi) is 5.52. The van der Waals surface area contributed by atoms with Gasteiger partial charge in [-0.15, -0.1) is 0 Å². The summed E-state index contributed by atoms with van der Waals surface area (Å²) in [4.78, 5) is 33.7. The van der Waals surface area contributed by atoms with Gasteiger partial charge in [0.05, 0.1) is 18.1 Å². The summed E-state index contributed by atoms with van der Waals surface area (Å²) in [7, 11) is 0. The molecule has 3 aromatic heterocycles. The molecule has 3 aromatic rings. The molecule has 8 nitrogen and oxygen atoms in total. The van der Waals surface area contributed by atoms with Crippen molar-refractivity contribution in [2.45, 2.75) is 25.7 Å². The number of nitrogens with two attached hydrogens (primary N) is 1. The summed E-state index contributed by atoms with van der Waals surface area (Å²) in [6, 6.07) is 4.11. The number of hydrogen-bond acceptors (Lipinski definition) is 5. The fourth-order valence-electron chi connectivity index (χ4n) is 2.78. The summed E-state index contributed by atoms with van der Waals surface area (Å²) < 4.78 is 1.87. The van der Waals surface area contributed by atoms with Crippen LogP contribution < -0.4 is 11.1 Å². The third-order valence-electron chi connectivity index (χ3n) is 4.09. The van der Waals surface area contributed by atoms with Gasteiger partial charge in [0.1, 0.15) is 5.65 Å². The molecule has 26 heavy (non-hydrogen) atoms. The minimum atomic E-state index is -0.654. The number of nitrogens with one attached hydrogen (secondary N) is 1. The molecule has 3 N–H and O–H groups in total. The van der Waals surface area contributed by atoms with E-state index >= 15 is 0 Å². The standard InChI is InChI=1S/C18H20N6O2/c19-16(26)17-21-10-15(11-22-17)24-7-5-14-8-13(9-23-18(14)24)4-2-1-3-6-20-12-25/h5,7-12H,1-4,6H2,(H2,19,26)(H,20,25). The van der Waals surface area contributed by atoms with E-state index in [4.69, 9.17) is 5.73 Å². The number of hydrogen-bond donors (Lipinski definition) is 2. The first-order valence-corrected chi connectivity index (χ1v) is 8.44. The summed E-state index contributed by atoms with van der Waals surface area (Å²) >= 11 is 0. The number of fused-ring (bicyclic) bond motifs is 1. The van der Waals surface area contributed by atoms with Crippen LogP contribution in [0.2, 0.25) is 0 Å². The Morgan fingerprint density at radius 1 is 1.15 bits per heavy atom. The van der Waals surface area contributed by atoms with Crippen molar-refractivity contribution < 1.29 is 9.59 Å². The number of pyridine rings is 1. The molecule has 134 valence electrons. The van der Waals surface area contributed by atoms with Crippen molar-refractivity contribution in [1.82, 2.24) is 24.8 Å². The van der Waals surface area contributed by atoms with Crippen LogP contribution in [-0.2, 0) is 11.2 Å². The number of aryl methyl sites for hydroxylation is 1. The van der Waals surface area contributed by atoms with Crippen LogP contribution in [0, 0.1) is 0 Å². The van der Waals surface area contributed by atoms with Gasteiger partial charge in [-0.25, -0.2) is 15.0 Å². The highest BCUT2D eigenvalue weighted by atomic mass is 16.1. The van der Waals surface area contributed by atoms with Gasteiger partial charge < -0.3 is 11.1 Å². The van der Waals surface area contributed by atoms with Crippen LogP contribution in [0.4, 0.5) is 0 Å². The van der Waals surface area contributed by atoms with Crippen LogP contribution in [-0.4, -0.2) is 38.4 Å². The smallest absolute Gasteiger partial charge is 0.286 e. The van der Waals surface area contributed by atoms with Crippen LogP contribution in [0.1, 0.15) is 35.4 Å². The number of aromatic nitrogens is 4. The second-order valence-corrected chi connectivity index (χ2v) is 5.95. The van der Waals surface area contributed by atoms with E-state index in [1.165, 1.54) is 5.56 Å². The molecule has 0 aromatic carbocycles. The van der Waals surface area contributed by atoms with E-state index in [1.807, 2.05) is 23.0 Å². The minimum Gasteiger partial charge on any atom is -0.363 e. The highest BCUT2D eigenvalue weighted by Crippen LogP contribution is 2.19. The Morgan fingerprint density at radius 2 is 1.96 bits per heavy atom. The third kappa shape index (κ3) is 4.02. The van der Waals surface area contributed by atoms with E-state index in [0.717, 1.165) is 49.7 Å². The maximum atomic E-state index is 11.1. The highest BCUT2D eigenvalue weighted by Gasteiger charge is 2.08. The van der Waals surface area contributed by atoms with Crippen molar-refractivity contribution in [3.05, 3.63) is 48.3 Å². The zero-order chi connectivity index (χ0) is 18.4. The lowest BCUT2D eigenvalue weighted by molar-refractivity contribution is -0.109. The number of primary amides is 1. The van der Waals surface area contributed by atoms with Crippen LogP contribution in [0.25, 0.3) is 16.7 Å². The number of carbonyl (C=O) groups is 2. The lowest BCUT2D eigenvalue weighted by Gasteiger charge is -2.06. The van der Waals surface area contributed by atoms with Crippen molar-refractivity contribution in [2.75, 3.05) is 6.54 Å². The first-order valence-electron chi connectivity index (χ1n) is 8.44. The van der Waals surface area contributed by atoms with Gasteiger partial charge >= 0.3 is 0 Å². The average Bonchev–Trinajstić information content (AvgIpc) is 3.08. The Balaban J connectivity index is 1.69. The van der Waals surface area contributed by atoms with Crippen molar-refractivity contribution >= 4 is 23.4 Å². The van der Waals surface area contributed by atoms with Gasteiger partial charge in [0.15, 0.2) is 0 Å². The summed E-state index contributed by atoms with van der Waals surface area (Å²) in [5.74, 6) is -0.664. The molecule has 2 amide bonds. The molecule has 0 radical (unpaired) electrons. The topological polar surface area (TPSA) is 116 Å². The van der Waals surface area contributed by atoms with Crippen LogP contribution >= 0.6 is 0 Å². The third-order valence-corrected chi connectivity index (χ3v) is 4.09. The molecule has 0 aliphatic rings. The lowest BCUT2D eigenvalue weighted by Crippen LogP contribution is -2.15. The molecule has 8 heteroatoms. The number of carbonyl (C=O) groups excluding carboxylic acids is 2. The number of amides is 2. The Labute approximate surface area is 150 Å². The molecule has 0 saturated carbocycles. The Bertz CT molecular complexity index is 904. The molecular formula is C18H20N6O2. The molecule has 0 aliphatic carbocycles. The summed E-state index contributed by atoms with van der Waals surface area (Å²) in [5.41, 5.74) is 7.86. The molecule has 3 rings (SSSR count). The fourth-order valence-corrected chi connectivity index (χ4v) is 2.78. The monoisotopic (exact) mass is 352 g/mol. The van der Waals surface area contributed by atoms with Gasteiger partial charge in [-0.05, 0) is 37.0 Å². The zero-order valence-corrected chi connectivity index (χ0v) is 14.3. The minimum absolute atomic E-state index is 0.0104. The van der Waals surface area contributed by atoms with Crippen molar-refractivity contribution in [3.8, 4) is 5.69 Å². The molecular weight excluding hydrogens is 332 g/mol. The Morgan fingerprint density at radius 3 is 2.69 bits per heavy atom. The first-order chi connectivity index (χ1) is 12.7. The van der Waals surface area contributed by atoms with E-state index in [0.29, 0.717) is 5.69 Å². The predicted molar refractivity (Wildman–Crippen MR) is 96.8 cm³/mol. The molecule has 0 fully saturated rings. The number of rotatable bonds is 9. The van der Waals surface area contributed by atoms with E-state index in [9.17, 15) is 9.59 Å². The van der Waals surface area contributed by atoms with E-state index < -0.39 is 5.91 Å². The zero-order valence-electron chi connectivity index (χ0n) is 14.3. The van der Waals surface area contributed by atoms with Gasteiger partial charge in [0.25, 0.3) is 5.91 Å². The van der Waals surface area contributed by atoms with Gasteiger partial charge in [-0.3, -0.25) is 14.2 Å². The van der Waals surface area contributed by atoms with E-state index in [2.05, 4.69) is 26.3 Å². The van der Waals surface area contributed by atoms with Gasteiger partial charge in [0.2, 0.25) is 12.2 Å². The number of nitrogens with zero attached hydrogens (tertiary/aromatic N) is 4. The van der Waals surface area contributed by atoms with E-state index in [1.54, 1.807) is 12.4 Å². The van der Waals surface area contributed by atoms with E-state index in [-0.39, 0.29) is 5.82 Å². The van der Waals surface area contributed by atoms with Crippen molar-refractivity contribution in [1.29, 1.82) is 0 Å². The SMILES string of the molecule is NC(=O)c1ncc(-n2ccc3cc(CCCCCNC=O)cnc32)cn1. The van der Waals surface area contributed by atoms with Gasteiger partial charge in [-0.2, -0.15) is 0 Å². The van der Waals surface area contributed by atoms with Gasteiger partial charge in [0, 0.05) is 24.3 Å². The summed E-state index contributed by atoms with van der Waals surface area (Å²) in [6.07, 6.45) is 11.6. The van der Waals surface area contributed by atoms with Crippen molar-refractivity contribution in [3.63, 3.8) is 0 Å². The lowest BCUT2D eigenvalue weighted by atomic mass is 10.1. The maximum absolute atomic E-state index is 11.1. The molecule has 0 bridgehead atoms. The molecule has 0 aliphatic heterocycles. The summed E-state index contributed by atoms with van der Waals surface area (Å²) in [6.45, 7) is 0.722. The molecule has 3 heterocycles. The van der Waals surface area contributed by atoms with Gasteiger partial charge in [-0.1, -0.05) is 6.42 Å². The first kappa shape index (κ1) is 17.5. The molecule has 0 atom stereocenters. The number of unbranched alkanes of at least 4 members (excludes halogenated alkanes) is 2. The predicted octanol–water partition coefficient (Wildman–Crippen LogP) is 1.37. The molecule has 0 unspecified atom stereocenters. The van der Waals surface area contributed by atoms with Crippen LogP contribution in [0.3, 0.4) is 0 Å². The van der Waals surface area contributed by atoms with Crippen LogP contribution in [0.5, 0.6) is 0 Å². The van der Waals surface area contributed by atoms with Crippen LogP contribution in [0.15, 0.2) is 36.9 Å². The average molecular weight is 352 g/mol. The molecule has 0 spiro atoms. The van der Waals surface area contributed by atoms with Crippen molar-refractivity contribution in [2.24, 2.45) is 5.73 Å². The quantitative estimate of drug-likeness (QED) is 0.446. The largest absolute Gasteiger partial charge is 0.363 e. The fraction of sp³-hybridized carbons (Fsp3) is 0.278. The summed E-state index contributed by atoms with van der Waals surface area (Å²) in [5, 5.41) is 3.70. The maximum Gasteiger partial charge on any atom is 0.286 e. The Hall–Kier alpha value is -3.29. The second-order valence-electron chi connectivity index (χ2n) is 5.95.